The van der Waals surface area contributed by atoms with Gasteiger partial charge in [0, 0.05) is 43.4 Å². The van der Waals surface area contributed by atoms with Crippen molar-refractivity contribution in [1.29, 1.82) is 0 Å². The first kappa shape index (κ1) is 20.6. The van der Waals surface area contributed by atoms with Gasteiger partial charge in [0.15, 0.2) is 0 Å². The Morgan fingerprint density at radius 1 is 1.14 bits per heavy atom. The minimum absolute atomic E-state index is 0.0472. The Morgan fingerprint density at radius 3 is 2.45 bits per heavy atom. The van der Waals surface area contributed by atoms with Crippen molar-refractivity contribution in [2.24, 2.45) is 0 Å². The molecule has 0 bridgehead atoms. The number of nitrogens with zero attached hydrogens (tertiary/aromatic N) is 3. The van der Waals surface area contributed by atoms with Gasteiger partial charge in [0.05, 0.1) is 22.2 Å². The summed E-state index contributed by atoms with van der Waals surface area (Å²) >= 11 is 6.23. The van der Waals surface area contributed by atoms with Crippen LogP contribution in [0.3, 0.4) is 0 Å². The van der Waals surface area contributed by atoms with E-state index in [0.29, 0.717) is 36.8 Å². The van der Waals surface area contributed by atoms with Crippen molar-refractivity contribution in [3.8, 4) is 0 Å². The second kappa shape index (κ2) is 8.91. The fourth-order valence-corrected chi connectivity index (χ4v) is 3.53. The number of benzene rings is 2. The van der Waals surface area contributed by atoms with E-state index in [4.69, 9.17) is 11.6 Å². The molecule has 1 fully saturated rings. The molecule has 1 aliphatic rings. The molecular weight excluding hydrogens is 396 g/mol. The highest BCUT2D eigenvalue weighted by Crippen LogP contribution is 2.26. The summed E-state index contributed by atoms with van der Waals surface area (Å²) in [4.78, 5) is 38.9. The Hall–Kier alpha value is -3.13. The number of carbonyl (C=O) groups excluding carboxylic acids is 2. The van der Waals surface area contributed by atoms with Crippen molar-refractivity contribution in [3.63, 3.8) is 0 Å². The van der Waals surface area contributed by atoms with Gasteiger partial charge >= 0.3 is 0 Å². The molecule has 0 spiro atoms. The van der Waals surface area contributed by atoms with E-state index in [9.17, 15) is 19.7 Å². The summed E-state index contributed by atoms with van der Waals surface area (Å²) in [6.07, 6.45) is 0. The minimum atomic E-state index is -0.497. The molecular formula is C20H21ClN4O4. The molecule has 1 heterocycles. The number of nitro benzene ring substituents is 1. The molecule has 1 N–H and O–H groups in total. The molecule has 2 aromatic carbocycles. The quantitative estimate of drug-likeness (QED) is 0.597. The molecule has 29 heavy (non-hydrogen) atoms. The molecule has 0 saturated carbocycles. The van der Waals surface area contributed by atoms with Gasteiger partial charge in [-0.3, -0.25) is 19.7 Å². The van der Waals surface area contributed by atoms with Crippen LogP contribution in [-0.4, -0.2) is 54.4 Å². The zero-order chi connectivity index (χ0) is 21.0. The number of anilines is 1. The van der Waals surface area contributed by atoms with Crippen LogP contribution in [0.5, 0.6) is 0 Å². The SMILES string of the molecule is Cc1cc(C(=O)NCC(=O)N2CCN(c3ccccc3Cl)CC2)ccc1[N+](=O)[O-]. The van der Waals surface area contributed by atoms with Crippen LogP contribution >= 0.6 is 11.6 Å². The highest BCUT2D eigenvalue weighted by Gasteiger charge is 2.23. The van der Waals surface area contributed by atoms with Crippen LogP contribution in [0.4, 0.5) is 11.4 Å². The predicted molar refractivity (Wildman–Crippen MR) is 110 cm³/mol. The van der Waals surface area contributed by atoms with Gasteiger partial charge < -0.3 is 15.1 Å². The van der Waals surface area contributed by atoms with Crippen LogP contribution in [0.15, 0.2) is 42.5 Å². The lowest BCUT2D eigenvalue weighted by molar-refractivity contribution is -0.385. The van der Waals surface area contributed by atoms with E-state index in [2.05, 4.69) is 10.2 Å². The van der Waals surface area contributed by atoms with E-state index < -0.39 is 10.8 Å². The number of nitrogens with one attached hydrogen (secondary N) is 1. The molecule has 2 amide bonds. The number of piperazine rings is 1. The third-order valence-electron chi connectivity index (χ3n) is 4.88. The van der Waals surface area contributed by atoms with E-state index in [1.807, 2.05) is 24.3 Å². The summed E-state index contributed by atoms with van der Waals surface area (Å²) in [6.45, 7) is 3.84. The van der Waals surface area contributed by atoms with Crippen molar-refractivity contribution in [2.45, 2.75) is 6.92 Å². The summed E-state index contributed by atoms with van der Waals surface area (Å²) < 4.78 is 0. The molecule has 1 saturated heterocycles. The second-order valence-electron chi connectivity index (χ2n) is 6.76. The number of hydrogen-bond acceptors (Lipinski definition) is 5. The first-order valence-electron chi connectivity index (χ1n) is 9.17. The lowest BCUT2D eigenvalue weighted by atomic mass is 10.1. The van der Waals surface area contributed by atoms with Gasteiger partial charge in [-0.1, -0.05) is 23.7 Å². The smallest absolute Gasteiger partial charge is 0.272 e. The largest absolute Gasteiger partial charge is 0.367 e. The molecule has 0 radical (unpaired) electrons. The van der Waals surface area contributed by atoms with Crippen LogP contribution in [0, 0.1) is 17.0 Å². The van der Waals surface area contributed by atoms with Crippen LogP contribution in [0.25, 0.3) is 0 Å². The summed E-state index contributed by atoms with van der Waals surface area (Å²) in [5.41, 5.74) is 1.58. The fraction of sp³-hybridized carbons (Fsp3) is 0.300. The van der Waals surface area contributed by atoms with Crippen molar-refractivity contribution >= 4 is 34.8 Å². The number of rotatable bonds is 5. The second-order valence-corrected chi connectivity index (χ2v) is 7.17. The average molecular weight is 417 g/mol. The van der Waals surface area contributed by atoms with Crippen LogP contribution in [0.1, 0.15) is 15.9 Å². The molecule has 2 aromatic rings. The Kier molecular flexibility index (Phi) is 6.33. The highest BCUT2D eigenvalue weighted by molar-refractivity contribution is 6.33. The lowest BCUT2D eigenvalue weighted by Crippen LogP contribution is -2.51. The predicted octanol–water partition coefficient (Wildman–Crippen LogP) is 2.64. The van der Waals surface area contributed by atoms with Gasteiger partial charge in [-0.05, 0) is 31.2 Å². The normalized spacial score (nSPS) is 13.9. The minimum Gasteiger partial charge on any atom is -0.367 e. The molecule has 3 rings (SSSR count). The van der Waals surface area contributed by atoms with Crippen LogP contribution < -0.4 is 10.2 Å². The number of hydrogen-bond donors (Lipinski definition) is 1. The maximum Gasteiger partial charge on any atom is 0.272 e. The van der Waals surface area contributed by atoms with Gasteiger partial charge in [0.25, 0.3) is 11.6 Å². The zero-order valence-electron chi connectivity index (χ0n) is 15.9. The summed E-state index contributed by atoms with van der Waals surface area (Å²) in [5, 5.41) is 14.1. The number of para-hydroxylation sites is 1. The molecule has 0 aliphatic carbocycles. The molecule has 0 aromatic heterocycles. The molecule has 0 unspecified atom stereocenters. The maximum atomic E-state index is 12.4. The number of carbonyl (C=O) groups is 2. The van der Waals surface area contributed by atoms with Crippen LogP contribution in [0.2, 0.25) is 5.02 Å². The fourth-order valence-electron chi connectivity index (χ4n) is 3.28. The Bertz CT molecular complexity index is 942. The van der Waals surface area contributed by atoms with E-state index in [1.165, 1.54) is 18.2 Å². The lowest BCUT2D eigenvalue weighted by Gasteiger charge is -2.36. The van der Waals surface area contributed by atoms with Gasteiger partial charge in [-0.15, -0.1) is 0 Å². The number of nitro groups is 1. The third kappa shape index (κ3) is 4.83. The maximum absolute atomic E-state index is 12.4. The first-order valence-corrected chi connectivity index (χ1v) is 9.55. The Labute approximate surface area is 173 Å². The third-order valence-corrected chi connectivity index (χ3v) is 5.20. The Balaban J connectivity index is 1.51. The van der Waals surface area contributed by atoms with Crippen molar-refractivity contribution in [2.75, 3.05) is 37.6 Å². The molecule has 0 atom stereocenters. The summed E-state index contributed by atoms with van der Waals surface area (Å²) in [6, 6.07) is 11.7. The summed E-state index contributed by atoms with van der Waals surface area (Å²) in [7, 11) is 0. The van der Waals surface area contributed by atoms with Crippen LogP contribution in [-0.2, 0) is 4.79 Å². The molecule has 8 nitrogen and oxygen atoms in total. The number of amides is 2. The van der Waals surface area contributed by atoms with E-state index in [1.54, 1.807) is 11.8 Å². The van der Waals surface area contributed by atoms with Gasteiger partial charge in [-0.2, -0.15) is 0 Å². The molecule has 1 aliphatic heterocycles. The van der Waals surface area contributed by atoms with E-state index in [-0.39, 0.29) is 23.7 Å². The van der Waals surface area contributed by atoms with Gasteiger partial charge in [0.2, 0.25) is 5.91 Å². The van der Waals surface area contributed by atoms with Gasteiger partial charge in [0.1, 0.15) is 0 Å². The Morgan fingerprint density at radius 2 is 1.83 bits per heavy atom. The average Bonchev–Trinajstić information content (AvgIpc) is 2.72. The van der Waals surface area contributed by atoms with E-state index in [0.717, 1.165) is 5.69 Å². The number of halogens is 1. The van der Waals surface area contributed by atoms with E-state index >= 15 is 0 Å². The monoisotopic (exact) mass is 416 g/mol. The molecule has 152 valence electrons. The zero-order valence-corrected chi connectivity index (χ0v) is 16.7. The summed E-state index contributed by atoms with van der Waals surface area (Å²) in [5.74, 6) is -0.609. The van der Waals surface area contributed by atoms with Crippen molar-refractivity contribution in [3.05, 3.63) is 68.7 Å². The van der Waals surface area contributed by atoms with Crippen molar-refractivity contribution in [1.82, 2.24) is 10.2 Å². The standard InChI is InChI=1S/C20H21ClN4O4/c1-14-12-15(6-7-17(14)25(28)29)20(27)22-13-19(26)24-10-8-23(9-11-24)18-5-3-2-4-16(18)21/h2-7,12H,8-11,13H2,1H3,(H,22,27). The molecule has 9 heteroatoms. The van der Waals surface area contributed by atoms with Crippen molar-refractivity contribution < 1.29 is 14.5 Å². The first-order chi connectivity index (χ1) is 13.9. The highest BCUT2D eigenvalue weighted by atomic mass is 35.5. The van der Waals surface area contributed by atoms with Gasteiger partial charge in [-0.25, -0.2) is 0 Å². The number of aryl methyl sites for hydroxylation is 1. The topological polar surface area (TPSA) is 95.8 Å².